The van der Waals surface area contributed by atoms with E-state index in [1.807, 2.05) is 34.9 Å². The fourth-order valence-corrected chi connectivity index (χ4v) is 3.29. The molecule has 8 heteroatoms. The Morgan fingerprint density at radius 2 is 2.14 bits per heavy atom. The van der Waals surface area contributed by atoms with Crippen molar-refractivity contribution < 1.29 is 18.2 Å². The third kappa shape index (κ3) is 4.00. The maximum atomic E-state index is 12.1. The molecule has 1 heterocycles. The van der Waals surface area contributed by atoms with E-state index in [0.717, 1.165) is 5.56 Å². The van der Waals surface area contributed by atoms with Crippen molar-refractivity contribution in [1.82, 2.24) is 4.57 Å². The molecule has 0 aliphatic heterocycles. The number of benzene rings is 1. The number of halogens is 1. The minimum atomic E-state index is -3.80. The molecule has 0 fully saturated rings. The quantitative estimate of drug-likeness (QED) is 0.643. The van der Waals surface area contributed by atoms with E-state index >= 15 is 0 Å². The summed E-state index contributed by atoms with van der Waals surface area (Å²) in [6.45, 7) is 2.36. The van der Waals surface area contributed by atoms with E-state index < -0.39 is 10.0 Å². The van der Waals surface area contributed by atoms with E-state index in [4.69, 9.17) is 11.6 Å². The van der Waals surface area contributed by atoms with Crippen LogP contribution in [0, 0.1) is 6.92 Å². The van der Waals surface area contributed by atoms with E-state index in [2.05, 4.69) is 0 Å². The Kier molecular flexibility index (Phi) is 5.10. The zero-order valence-corrected chi connectivity index (χ0v) is 14.0. The predicted molar refractivity (Wildman–Crippen MR) is 84.5 cm³/mol. The summed E-state index contributed by atoms with van der Waals surface area (Å²) in [5.41, 5.74) is 0.958. The molecule has 1 aromatic carbocycles. The molecule has 22 heavy (non-hydrogen) atoms. The molecule has 6 nitrogen and oxygen atoms in total. The second kappa shape index (κ2) is 6.68. The summed E-state index contributed by atoms with van der Waals surface area (Å²) in [5, 5.41) is 10.3. The van der Waals surface area contributed by atoms with Crippen LogP contribution in [0.2, 0.25) is 5.02 Å². The average Bonchev–Trinajstić information content (AvgIpc) is 2.86. The molecule has 0 spiro atoms. The highest BCUT2D eigenvalue weighted by Crippen LogP contribution is 2.24. The van der Waals surface area contributed by atoms with Gasteiger partial charge in [-0.1, -0.05) is 17.7 Å². The van der Waals surface area contributed by atoms with Gasteiger partial charge >= 0.3 is 0 Å². The number of hydrogen-bond acceptors (Lipinski definition) is 3. The van der Waals surface area contributed by atoms with Crippen LogP contribution in [0.25, 0.3) is 0 Å². The van der Waals surface area contributed by atoms with Gasteiger partial charge in [0.25, 0.3) is 10.0 Å². The topological polar surface area (TPSA) is 66.4 Å². The summed E-state index contributed by atoms with van der Waals surface area (Å²) in [6, 6.07) is 4.61. The van der Waals surface area contributed by atoms with E-state index in [0.29, 0.717) is 22.5 Å². The van der Waals surface area contributed by atoms with Crippen LogP contribution in [0.3, 0.4) is 0 Å². The monoisotopic (exact) mass is 344 g/mol. The lowest BCUT2D eigenvalue weighted by Gasteiger charge is -2.17. The van der Waals surface area contributed by atoms with E-state index in [1.54, 1.807) is 13.0 Å². The van der Waals surface area contributed by atoms with Crippen LogP contribution in [0.15, 0.2) is 36.9 Å². The van der Waals surface area contributed by atoms with Crippen molar-refractivity contribution >= 4 is 27.3 Å². The SMILES string of the molecule is Cc1ccc(N(O)S(=O)(=O)CCCn2cc[n+](C)c2)cc1Cl. The molecule has 0 saturated carbocycles. The summed E-state index contributed by atoms with van der Waals surface area (Å²) in [6.07, 6.45) is 6.00. The van der Waals surface area contributed by atoms with Gasteiger partial charge in [0.05, 0.1) is 25.0 Å². The lowest BCUT2D eigenvalue weighted by Crippen LogP contribution is -2.30. The summed E-state index contributed by atoms with van der Waals surface area (Å²) < 4.78 is 28.3. The third-order valence-corrected chi connectivity index (χ3v) is 5.23. The van der Waals surface area contributed by atoms with E-state index in [-0.39, 0.29) is 11.4 Å². The van der Waals surface area contributed by atoms with Gasteiger partial charge in [0.1, 0.15) is 12.4 Å². The molecule has 0 radical (unpaired) electrons. The van der Waals surface area contributed by atoms with Crippen molar-refractivity contribution in [3.8, 4) is 0 Å². The second-order valence-electron chi connectivity index (χ2n) is 5.16. The van der Waals surface area contributed by atoms with Gasteiger partial charge in [-0.25, -0.2) is 17.6 Å². The highest BCUT2D eigenvalue weighted by atomic mass is 35.5. The van der Waals surface area contributed by atoms with Gasteiger partial charge in [-0.15, -0.1) is 4.47 Å². The van der Waals surface area contributed by atoms with Crippen molar-refractivity contribution in [3.05, 3.63) is 47.5 Å². The Labute approximate surface area is 135 Å². The molecule has 0 aliphatic rings. The molecule has 0 amide bonds. The first-order valence-corrected chi connectivity index (χ1v) is 8.77. The molecule has 2 rings (SSSR count). The van der Waals surface area contributed by atoms with E-state index in [1.165, 1.54) is 12.1 Å². The summed E-state index contributed by atoms with van der Waals surface area (Å²) in [5.74, 6) is -0.156. The molecule has 0 bridgehead atoms. The number of anilines is 1. The molecule has 0 atom stereocenters. The first-order chi connectivity index (χ1) is 10.3. The third-order valence-electron chi connectivity index (χ3n) is 3.28. The van der Waals surface area contributed by atoms with Gasteiger partial charge in [-0.2, -0.15) is 0 Å². The Hall–Kier alpha value is -1.57. The number of rotatable bonds is 6. The van der Waals surface area contributed by atoms with Crippen molar-refractivity contribution in [2.45, 2.75) is 19.9 Å². The van der Waals surface area contributed by atoms with Gasteiger partial charge < -0.3 is 0 Å². The molecule has 0 unspecified atom stereocenters. The van der Waals surface area contributed by atoms with Crippen molar-refractivity contribution in [2.75, 3.05) is 10.2 Å². The predicted octanol–water partition coefficient (Wildman–Crippen LogP) is 1.89. The largest absolute Gasteiger partial charge is 0.274 e. The number of nitrogens with zero attached hydrogens (tertiary/aromatic N) is 3. The Bertz CT molecular complexity index is 758. The Morgan fingerprint density at radius 3 is 2.73 bits per heavy atom. The molecule has 0 aliphatic carbocycles. The van der Waals surface area contributed by atoms with Gasteiger partial charge in [0, 0.05) is 11.4 Å². The lowest BCUT2D eigenvalue weighted by molar-refractivity contribution is -0.671. The van der Waals surface area contributed by atoms with Crippen LogP contribution in [-0.2, 0) is 23.6 Å². The van der Waals surface area contributed by atoms with E-state index in [9.17, 15) is 13.6 Å². The zero-order valence-electron chi connectivity index (χ0n) is 12.5. The number of hydrogen-bond donors (Lipinski definition) is 1. The van der Waals surface area contributed by atoms with Crippen LogP contribution in [0.4, 0.5) is 5.69 Å². The molecule has 1 N–H and O–H groups in total. The minimum absolute atomic E-state index is 0.142. The molecular weight excluding hydrogens is 326 g/mol. The highest BCUT2D eigenvalue weighted by Gasteiger charge is 2.21. The summed E-state index contributed by atoms with van der Waals surface area (Å²) in [4.78, 5) is 0. The Morgan fingerprint density at radius 1 is 1.41 bits per heavy atom. The van der Waals surface area contributed by atoms with Gasteiger partial charge in [0.15, 0.2) is 0 Å². The maximum Gasteiger partial charge on any atom is 0.257 e. The zero-order chi connectivity index (χ0) is 16.3. The Balaban J connectivity index is 2.00. The standard InChI is InChI=1S/C14H19ClN3O3S/c1-12-4-5-13(10-14(12)15)18(19)22(20,21)9-3-6-17-8-7-16(2)11-17/h4-5,7-8,10-11,19H,3,6,9H2,1-2H3/q+1. The number of sulfonamides is 1. The number of aromatic nitrogens is 2. The molecular formula is C14H19ClN3O3S+. The molecule has 120 valence electrons. The van der Waals surface area contributed by atoms with Crippen LogP contribution < -0.4 is 9.04 Å². The fraction of sp³-hybridized carbons (Fsp3) is 0.357. The normalized spacial score (nSPS) is 11.6. The van der Waals surface area contributed by atoms with Crippen LogP contribution in [0.5, 0.6) is 0 Å². The van der Waals surface area contributed by atoms with Crippen molar-refractivity contribution in [1.29, 1.82) is 0 Å². The maximum absolute atomic E-state index is 12.1. The first kappa shape index (κ1) is 16.8. The summed E-state index contributed by atoms with van der Waals surface area (Å²) >= 11 is 5.96. The minimum Gasteiger partial charge on any atom is -0.274 e. The van der Waals surface area contributed by atoms with Gasteiger partial charge in [-0.05, 0) is 24.6 Å². The number of imidazole rings is 1. The second-order valence-corrected chi connectivity index (χ2v) is 7.49. The van der Waals surface area contributed by atoms with Crippen LogP contribution >= 0.6 is 11.6 Å². The van der Waals surface area contributed by atoms with Gasteiger partial charge in [0.2, 0.25) is 6.33 Å². The molecule has 1 aromatic heterocycles. The average molecular weight is 345 g/mol. The first-order valence-electron chi connectivity index (χ1n) is 6.78. The van der Waals surface area contributed by atoms with Crippen LogP contribution in [-0.4, -0.2) is 23.9 Å². The smallest absolute Gasteiger partial charge is 0.257 e. The fourth-order valence-electron chi connectivity index (χ4n) is 2.01. The molecule has 2 aromatic rings. The summed E-state index contributed by atoms with van der Waals surface area (Å²) in [7, 11) is -1.90. The van der Waals surface area contributed by atoms with Crippen LogP contribution in [0.1, 0.15) is 12.0 Å². The van der Waals surface area contributed by atoms with Gasteiger partial charge in [-0.3, -0.25) is 5.21 Å². The lowest BCUT2D eigenvalue weighted by atomic mass is 10.2. The van der Waals surface area contributed by atoms with Crippen molar-refractivity contribution in [3.63, 3.8) is 0 Å². The number of aryl methyl sites for hydroxylation is 3. The van der Waals surface area contributed by atoms with Crippen molar-refractivity contribution in [2.24, 2.45) is 7.05 Å². The molecule has 0 saturated heterocycles. The highest BCUT2D eigenvalue weighted by molar-refractivity contribution is 7.92.